The van der Waals surface area contributed by atoms with Crippen LogP contribution in [0.15, 0.2) is 29.6 Å². The lowest BCUT2D eigenvalue weighted by Crippen LogP contribution is -2.00. The second kappa shape index (κ2) is 4.45. The predicted octanol–water partition coefficient (Wildman–Crippen LogP) is 2.91. The molecule has 2 rings (SSSR count). The molecule has 0 amide bonds. The van der Waals surface area contributed by atoms with Crippen molar-refractivity contribution in [2.75, 3.05) is 7.11 Å². The second-order valence-electron chi connectivity index (χ2n) is 3.40. The van der Waals surface area contributed by atoms with Crippen LogP contribution in [-0.2, 0) is 4.74 Å². The zero-order chi connectivity index (χ0) is 11.5. The Kier molecular flexibility index (Phi) is 3.01. The summed E-state index contributed by atoms with van der Waals surface area (Å²) in [6.45, 7) is 2.03. The number of benzene rings is 1. The quantitative estimate of drug-likeness (QED) is 0.749. The van der Waals surface area contributed by atoms with E-state index in [-0.39, 0.29) is 0 Å². The molecule has 0 spiro atoms. The van der Waals surface area contributed by atoms with Gasteiger partial charge in [0.25, 0.3) is 0 Å². The number of hydrogen-bond acceptors (Lipinski definition) is 4. The van der Waals surface area contributed by atoms with E-state index < -0.39 is 5.97 Å². The van der Waals surface area contributed by atoms with Crippen molar-refractivity contribution in [3.05, 3.63) is 40.9 Å². The van der Waals surface area contributed by atoms with Gasteiger partial charge in [0.1, 0.15) is 5.01 Å². The van der Waals surface area contributed by atoms with Gasteiger partial charge in [0.2, 0.25) is 0 Å². The fourth-order valence-corrected chi connectivity index (χ4v) is 2.10. The third-order valence-electron chi connectivity index (χ3n) is 2.20. The summed E-state index contributed by atoms with van der Waals surface area (Å²) >= 11 is 1.44. The number of thiazole rings is 1. The molecule has 0 fully saturated rings. The van der Waals surface area contributed by atoms with E-state index in [2.05, 4.69) is 9.72 Å². The van der Waals surface area contributed by atoms with Crippen molar-refractivity contribution in [3.63, 3.8) is 0 Å². The van der Waals surface area contributed by atoms with E-state index in [1.165, 1.54) is 24.0 Å². The lowest BCUT2D eigenvalue weighted by atomic mass is 10.2. The third kappa shape index (κ3) is 2.12. The van der Waals surface area contributed by atoms with Gasteiger partial charge in [0.05, 0.1) is 7.11 Å². The van der Waals surface area contributed by atoms with Crippen molar-refractivity contribution in [2.45, 2.75) is 6.92 Å². The standard InChI is InChI=1S/C12H11NO2S/c1-8-3-5-9(6-4-8)11-13-10(7-16-11)12(14)15-2/h3-7H,1-2H3. The van der Waals surface area contributed by atoms with Crippen LogP contribution in [0.5, 0.6) is 0 Å². The highest BCUT2D eigenvalue weighted by Crippen LogP contribution is 2.24. The van der Waals surface area contributed by atoms with Gasteiger partial charge in [-0.3, -0.25) is 0 Å². The number of carbonyl (C=O) groups excluding carboxylic acids is 1. The molecule has 0 bridgehead atoms. The summed E-state index contributed by atoms with van der Waals surface area (Å²) in [7, 11) is 1.35. The Morgan fingerprint density at radius 3 is 2.62 bits per heavy atom. The number of rotatable bonds is 2. The van der Waals surface area contributed by atoms with Gasteiger partial charge in [-0.15, -0.1) is 11.3 Å². The number of nitrogens with zero attached hydrogens (tertiary/aromatic N) is 1. The van der Waals surface area contributed by atoms with Crippen LogP contribution in [0.3, 0.4) is 0 Å². The summed E-state index contributed by atoms with van der Waals surface area (Å²) in [5, 5.41) is 2.54. The molecule has 0 radical (unpaired) electrons. The molecule has 0 unspecified atom stereocenters. The Hall–Kier alpha value is -1.68. The molecular weight excluding hydrogens is 222 g/mol. The highest BCUT2D eigenvalue weighted by Gasteiger charge is 2.11. The number of methoxy groups -OCH3 is 1. The number of hydrogen-bond donors (Lipinski definition) is 0. The summed E-state index contributed by atoms with van der Waals surface area (Å²) < 4.78 is 4.61. The third-order valence-corrected chi connectivity index (χ3v) is 3.09. The largest absolute Gasteiger partial charge is 0.464 e. The summed E-state index contributed by atoms with van der Waals surface area (Å²) in [6.07, 6.45) is 0. The summed E-state index contributed by atoms with van der Waals surface area (Å²) in [5.41, 5.74) is 2.59. The molecule has 0 N–H and O–H groups in total. The Labute approximate surface area is 97.7 Å². The van der Waals surface area contributed by atoms with Gasteiger partial charge in [-0.2, -0.15) is 0 Å². The summed E-state index contributed by atoms with van der Waals surface area (Å²) in [5.74, 6) is -0.394. The second-order valence-corrected chi connectivity index (χ2v) is 4.25. The minimum Gasteiger partial charge on any atom is -0.464 e. The molecule has 0 saturated carbocycles. The molecular formula is C12H11NO2S. The molecule has 0 aliphatic heterocycles. The van der Waals surface area contributed by atoms with E-state index in [1.54, 1.807) is 5.38 Å². The van der Waals surface area contributed by atoms with Crippen LogP contribution in [0.1, 0.15) is 16.1 Å². The molecule has 0 aliphatic carbocycles. The fraction of sp³-hybridized carbons (Fsp3) is 0.167. The lowest BCUT2D eigenvalue weighted by molar-refractivity contribution is 0.0595. The molecule has 4 heteroatoms. The maximum absolute atomic E-state index is 11.2. The SMILES string of the molecule is COC(=O)c1csc(-c2ccc(C)cc2)n1. The van der Waals surface area contributed by atoms with E-state index >= 15 is 0 Å². The van der Waals surface area contributed by atoms with Crippen LogP contribution in [0, 0.1) is 6.92 Å². The Morgan fingerprint density at radius 1 is 1.31 bits per heavy atom. The van der Waals surface area contributed by atoms with Crippen molar-refractivity contribution in [2.24, 2.45) is 0 Å². The fourth-order valence-electron chi connectivity index (χ4n) is 1.30. The first-order chi connectivity index (χ1) is 7.70. The van der Waals surface area contributed by atoms with E-state index in [1.807, 2.05) is 31.2 Å². The molecule has 0 saturated heterocycles. The smallest absolute Gasteiger partial charge is 0.357 e. The molecule has 1 aromatic carbocycles. The number of aryl methyl sites for hydroxylation is 1. The number of aromatic nitrogens is 1. The molecule has 0 atom stereocenters. The first-order valence-corrected chi connectivity index (χ1v) is 5.69. The van der Waals surface area contributed by atoms with Crippen LogP contribution in [0.2, 0.25) is 0 Å². The Balaban J connectivity index is 2.31. The normalized spacial score (nSPS) is 10.1. The van der Waals surface area contributed by atoms with Crippen molar-refractivity contribution in [1.29, 1.82) is 0 Å². The minimum absolute atomic E-state index is 0.364. The molecule has 0 aliphatic rings. The van der Waals surface area contributed by atoms with Crippen LogP contribution in [0.25, 0.3) is 10.6 Å². The van der Waals surface area contributed by atoms with Crippen LogP contribution >= 0.6 is 11.3 Å². The topological polar surface area (TPSA) is 39.2 Å². The van der Waals surface area contributed by atoms with E-state index in [0.29, 0.717) is 5.69 Å². The monoisotopic (exact) mass is 233 g/mol. The van der Waals surface area contributed by atoms with Crippen LogP contribution in [0.4, 0.5) is 0 Å². The highest BCUT2D eigenvalue weighted by atomic mass is 32.1. The number of carbonyl (C=O) groups is 1. The molecule has 3 nitrogen and oxygen atoms in total. The molecule has 16 heavy (non-hydrogen) atoms. The van der Waals surface area contributed by atoms with Gasteiger partial charge in [-0.05, 0) is 6.92 Å². The maximum atomic E-state index is 11.2. The molecule has 1 aromatic heterocycles. The van der Waals surface area contributed by atoms with Crippen molar-refractivity contribution < 1.29 is 9.53 Å². The number of esters is 1. The zero-order valence-electron chi connectivity index (χ0n) is 9.06. The molecule has 1 heterocycles. The van der Waals surface area contributed by atoms with Gasteiger partial charge < -0.3 is 4.74 Å². The highest BCUT2D eigenvalue weighted by molar-refractivity contribution is 7.13. The Bertz CT molecular complexity index is 502. The Morgan fingerprint density at radius 2 is 2.00 bits per heavy atom. The van der Waals surface area contributed by atoms with Crippen molar-refractivity contribution >= 4 is 17.3 Å². The van der Waals surface area contributed by atoms with Gasteiger partial charge in [-0.25, -0.2) is 9.78 Å². The van der Waals surface area contributed by atoms with E-state index in [9.17, 15) is 4.79 Å². The predicted molar refractivity (Wildman–Crippen MR) is 63.6 cm³/mol. The first kappa shape index (κ1) is 10.8. The van der Waals surface area contributed by atoms with Gasteiger partial charge in [0.15, 0.2) is 5.69 Å². The van der Waals surface area contributed by atoms with Gasteiger partial charge in [-0.1, -0.05) is 29.8 Å². The molecule has 82 valence electrons. The summed E-state index contributed by atoms with van der Waals surface area (Å²) in [4.78, 5) is 15.5. The van der Waals surface area contributed by atoms with Crippen LogP contribution < -0.4 is 0 Å². The van der Waals surface area contributed by atoms with Crippen molar-refractivity contribution in [3.8, 4) is 10.6 Å². The summed E-state index contributed by atoms with van der Waals surface area (Å²) in [6, 6.07) is 8.04. The van der Waals surface area contributed by atoms with Gasteiger partial charge in [0, 0.05) is 10.9 Å². The molecule has 2 aromatic rings. The van der Waals surface area contributed by atoms with Crippen molar-refractivity contribution in [1.82, 2.24) is 4.98 Å². The zero-order valence-corrected chi connectivity index (χ0v) is 9.88. The first-order valence-electron chi connectivity index (χ1n) is 4.81. The lowest BCUT2D eigenvalue weighted by Gasteiger charge is -1.96. The van der Waals surface area contributed by atoms with E-state index in [4.69, 9.17) is 0 Å². The number of ether oxygens (including phenoxy) is 1. The minimum atomic E-state index is -0.394. The average molecular weight is 233 g/mol. The van der Waals surface area contributed by atoms with Crippen LogP contribution in [-0.4, -0.2) is 18.1 Å². The maximum Gasteiger partial charge on any atom is 0.357 e. The average Bonchev–Trinajstić information content (AvgIpc) is 2.78. The van der Waals surface area contributed by atoms with E-state index in [0.717, 1.165) is 10.6 Å². The van der Waals surface area contributed by atoms with Gasteiger partial charge >= 0.3 is 5.97 Å².